The molecule has 1 aliphatic heterocycles. The highest BCUT2D eigenvalue weighted by atomic mass is 16.5. The molecule has 4 heteroatoms. The third-order valence-electron chi connectivity index (χ3n) is 7.55. The molecule has 0 N–H and O–H groups in total. The van der Waals surface area contributed by atoms with Gasteiger partial charge >= 0.3 is 0 Å². The summed E-state index contributed by atoms with van der Waals surface area (Å²) in [6.45, 7) is 9.93. The molecule has 0 bridgehead atoms. The molecule has 3 fully saturated rings. The Morgan fingerprint density at radius 3 is 2.75 bits per heavy atom. The minimum atomic E-state index is -0.701. The molecule has 0 radical (unpaired) electrons. The van der Waals surface area contributed by atoms with Crippen LogP contribution in [-0.2, 0) is 14.3 Å². The molecule has 1 spiro atoms. The third kappa shape index (κ3) is 1.88. The second-order valence-corrected chi connectivity index (χ2v) is 8.45. The van der Waals surface area contributed by atoms with Crippen LogP contribution < -0.4 is 0 Å². The van der Waals surface area contributed by atoms with Crippen molar-refractivity contribution in [2.75, 3.05) is 0 Å². The van der Waals surface area contributed by atoms with Crippen molar-refractivity contribution in [3.05, 3.63) is 12.7 Å². The number of nitriles is 1. The van der Waals surface area contributed by atoms with Crippen molar-refractivity contribution in [1.29, 1.82) is 5.26 Å². The Morgan fingerprint density at radius 2 is 2.17 bits per heavy atom. The first kappa shape index (κ1) is 17.4. The molecule has 1 saturated heterocycles. The molecule has 3 aliphatic rings. The number of ether oxygens (including phenoxy) is 1. The number of Topliss-reactive ketones (excluding diaryl/α,β-unsaturated/α-hetero) is 1. The van der Waals surface area contributed by atoms with Crippen LogP contribution in [0.4, 0.5) is 0 Å². The molecule has 2 aliphatic carbocycles. The summed E-state index contributed by atoms with van der Waals surface area (Å²) in [5.74, 6) is 0.703. The lowest BCUT2D eigenvalue weighted by Gasteiger charge is -2.53. The summed E-state index contributed by atoms with van der Waals surface area (Å²) in [6, 6.07) is 2.30. The maximum absolute atomic E-state index is 13.1. The van der Waals surface area contributed by atoms with Crippen LogP contribution in [0.1, 0.15) is 52.9 Å². The van der Waals surface area contributed by atoms with E-state index in [-0.39, 0.29) is 23.7 Å². The normalized spacial score (nSPS) is 46.5. The van der Waals surface area contributed by atoms with Gasteiger partial charge in [-0.2, -0.15) is 5.26 Å². The first-order chi connectivity index (χ1) is 11.3. The molecular formula is C20H27NO3. The van der Waals surface area contributed by atoms with Crippen molar-refractivity contribution in [2.45, 2.75) is 65.1 Å². The van der Waals surface area contributed by atoms with E-state index in [4.69, 9.17) is 4.74 Å². The van der Waals surface area contributed by atoms with Crippen molar-refractivity contribution in [3.8, 4) is 6.07 Å². The van der Waals surface area contributed by atoms with Crippen LogP contribution in [0.3, 0.4) is 0 Å². The monoisotopic (exact) mass is 329 g/mol. The van der Waals surface area contributed by atoms with Gasteiger partial charge in [0.05, 0.1) is 17.6 Å². The molecule has 4 nitrogen and oxygen atoms in total. The van der Waals surface area contributed by atoms with Crippen LogP contribution in [0.15, 0.2) is 12.7 Å². The fourth-order valence-corrected chi connectivity index (χ4v) is 5.85. The SMILES string of the molecule is C=C[C@@](C)(C=O)C[C@@H]1O[C@H](C#N)[C@@]23C(=O)CC[C@@H]2CC[C@@H](C)[C@@]13C. The number of allylic oxidation sites excluding steroid dienone is 1. The molecule has 1 heterocycles. The number of aldehydes is 1. The number of nitrogens with zero attached hydrogens (tertiary/aromatic N) is 1. The summed E-state index contributed by atoms with van der Waals surface area (Å²) in [5.41, 5.74) is -1.81. The first-order valence-electron chi connectivity index (χ1n) is 8.98. The summed E-state index contributed by atoms with van der Waals surface area (Å²) in [5, 5.41) is 9.78. The van der Waals surface area contributed by atoms with Gasteiger partial charge in [0.15, 0.2) is 6.10 Å². The molecule has 3 rings (SSSR count). The maximum Gasteiger partial charge on any atom is 0.157 e. The minimum Gasteiger partial charge on any atom is -0.358 e. The minimum absolute atomic E-state index is 0.196. The number of hydrogen-bond donors (Lipinski definition) is 0. The number of ketones is 1. The van der Waals surface area contributed by atoms with Crippen LogP contribution in [0.5, 0.6) is 0 Å². The van der Waals surface area contributed by atoms with Crippen LogP contribution >= 0.6 is 0 Å². The zero-order valence-electron chi connectivity index (χ0n) is 14.9. The van der Waals surface area contributed by atoms with Gasteiger partial charge in [0.2, 0.25) is 0 Å². The Balaban J connectivity index is 2.12. The molecule has 2 saturated carbocycles. The largest absolute Gasteiger partial charge is 0.358 e. The van der Waals surface area contributed by atoms with Gasteiger partial charge in [0, 0.05) is 17.3 Å². The smallest absolute Gasteiger partial charge is 0.157 e. The van der Waals surface area contributed by atoms with E-state index >= 15 is 0 Å². The summed E-state index contributed by atoms with van der Waals surface area (Å²) in [7, 11) is 0. The van der Waals surface area contributed by atoms with Crippen molar-refractivity contribution >= 4 is 12.1 Å². The predicted octanol–water partition coefficient (Wildman–Crippen LogP) is 3.46. The van der Waals surface area contributed by atoms with Gasteiger partial charge < -0.3 is 9.53 Å². The summed E-state index contributed by atoms with van der Waals surface area (Å²) >= 11 is 0. The molecule has 0 amide bonds. The molecule has 0 aromatic rings. The van der Waals surface area contributed by atoms with Gasteiger partial charge in [-0.3, -0.25) is 4.79 Å². The van der Waals surface area contributed by atoms with Crippen molar-refractivity contribution in [2.24, 2.45) is 28.1 Å². The second-order valence-electron chi connectivity index (χ2n) is 8.45. The zero-order chi connectivity index (χ0) is 17.8. The highest BCUT2D eigenvalue weighted by Crippen LogP contribution is 2.70. The Kier molecular flexibility index (Phi) is 3.99. The van der Waals surface area contributed by atoms with E-state index in [9.17, 15) is 14.9 Å². The lowest BCUT2D eigenvalue weighted by atomic mass is 9.46. The highest BCUT2D eigenvalue weighted by Gasteiger charge is 2.74. The maximum atomic E-state index is 13.1. The van der Waals surface area contributed by atoms with Crippen LogP contribution in [0, 0.1) is 39.4 Å². The predicted molar refractivity (Wildman–Crippen MR) is 89.9 cm³/mol. The lowest BCUT2D eigenvalue weighted by molar-refractivity contribution is -0.142. The standard InChI is InChI=1S/C20H27NO3/c1-5-18(3,12-22)10-16-19(4)13(2)6-7-14-8-9-15(23)20(14,19)17(11-21)24-16/h5,12-14,16-17H,1,6-10H2,2-4H3/t13-,14+,16+,17-,18-,19+,20+/m1/s1. The summed E-state index contributed by atoms with van der Waals surface area (Å²) in [6.07, 6.45) is 5.49. The number of hydrogen-bond acceptors (Lipinski definition) is 4. The van der Waals surface area contributed by atoms with Crippen LogP contribution in [-0.4, -0.2) is 24.3 Å². The fourth-order valence-electron chi connectivity index (χ4n) is 5.85. The molecule has 0 aromatic heterocycles. The van der Waals surface area contributed by atoms with E-state index in [0.717, 1.165) is 25.5 Å². The Hall–Kier alpha value is -1.47. The second kappa shape index (κ2) is 5.52. The number of carbonyl (C=O) groups is 2. The van der Waals surface area contributed by atoms with Crippen molar-refractivity contribution in [3.63, 3.8) is 0 Å². The van der Waals surface area contributed by atoms with Crippen molar-refractivity contribution in [1.82, 2.24) is 0 Å². The molecule has 24 heavy (non-hydrogen) atoms. The van der Waals surface area contributed by atoms with E-state index < -0.39 is 22.3 Å². The van der Waals surface area contributed by atoms with E-state index in [1.807, 2.05) is 6.92 Å². The number of rotatable bonds is 4. The van der Waals surface area contributed by atoms with E-state index in [2.05, 4.69) is 26.5 Å². The van der Waals surface area contributed by atoms with Gasteiger partial charge in [0.25, 0.3) is 0 Å². The quantitative estimate of drug-likeness (QED) is 0.585. The van der Waals surface area contributed by atoms with Gasteiger partial charge in [-0.1, -0.05) is 19.9 Å². The average molecular weight is 329 g/mol. The van der Waals surface area contributed by atoms with Crippen LogP contribution in [0.2, 0.25) is 0 Å². The summed E-state index contributed by atoms with van der Waals surface area (Å²) < 4.78 is 6.22. The zero-order valence-corrected chi connectivity index (χ0v) is 14.9. The summed E-state index contributed by atoms with van der Waals surface area (Å²) in [4.78, 5) is 24.6. The van der Waals surface area contributed by atoms with E-state index in [0.29, 0.717) is 12.8 Å². The van der Waals surface area contributed by atoms with Crippen molar-refractivity contribution < 1.29 is 14.3 Å². The van der Waals surface area contributed by atoms with E-state index in [1.54, 1.807) is 6.08 Å². The molecule has 0 aromatic carbocycles. The van der Waals surface area contributed by atoms with E-state index in [1.165, 1.54) is 0 Å². The fraction of sp³-hybridized carbons (Fsp3) is 0.750. The van der Waals surface area contributed by atoms with Gasteiger partial charge in [-0.05, 0) is 44.4 Å². The Labute approximate surface area is 144 Å². The molecule has 7 atom stereocenters. The molecule has 130 valence electrons. The molecule has 0 unspecified atom stereocenters. The average Bonchev–Trinajstić information content (AvgIpc) is 3.05. The Bertz CT molecular complexity index is 613. The lowest BCUT2D eigenvalue weighted by Crippen LogP contribution is -2.58. The van der Waals surface area contributed by atoms with Crippen LogP contribution in [0.25, 0.3) is 0 Å². The third-order valence-corrected chi connectivity index (χ3v) is 7.55. The first-order valence-corrected chi connectivity index (χ1v) is 8.98. The molecular weight excluding hydrogens is 302 g/mol. The topological polar surface area (TPSA) is 67.2 Å². The van der Waals surface area contributed by atoms with Gasteiger partial charge in [0.1, 0.15) is 12.1 Å². The van der Waals surface area contributed by atoms with Gasteiger partial charge in [-0.15, -0.1) is 6.58 Å². The Morgan fingerprint density at radius 1 is 1.46 bits per heavy atom. The highest BCUT2D eigenvalue weighted by molar-refractivity contribution is 5.90. The van der Waals surface area contributed by atoms with Gasteiger partial charge in [-0.25, -0.2) is 0 Å². The number of carbonyl (C=O) groups excluding carboxylic acids is 2.